The van der Waals surface area contributed by atoms with Crippen molar-refractivity contribution in [3.05, 3.63) is 28.8 Å². The van der Waals surface area contributed by atoms with Gasteiger partial charge in [0.05, 0.1) is 12.1 Å². The van der Waals surface area contributed by atoms with Gasteiger partial charge in [0.2, 0.25) is 0 Å². The van der Waals surface area contributed by atoms with Gasteiger partial charge in [-0.1, -0.05) is 66.9 Å². The zero-order valence-corrected chi connectivity index (χ0v) is 16.8. The third-order valence-corrected chi connectivity index (χ3v) is 5.21. The maximum Gasteiger partial charge on any atom is 0.128 e. The van der Waals surface area contributed by atoms with Crippen LogP contribution in [0.15, 0.2) is 17.1 Å². The Kier molecular flexibility index (Phi) is 5.68. The second-order valence-electron chi connectivity index (χ2n) is 9.72. The van der Waals surface area contributed by atoms with E-state index < -0.39 is 5.60 Å². The van der Waals surface area contributed by atoms with Crippen LogP contribution in [0.5, 0.6) is 5.75 Å². The third-order valence-electron chi connectivity index (χ3n) is 5.21. The van der Waals surface area contributed by atoms with E-state index in [9.17, 15) is 10.2 Å². The molecule has 2 rings (SSSR count). The van der Waals surface area contributed by atoms with Crippen LogP contribution in [0.2, 0.25) is 0 Å². The molecule has 0 bridgehead atoms. The number of benzene rings is 1. The van der Waals surface area contributed by atoms with Gasteiger partial charge in [0, 0.05) is 17.3 Å². The summed E-state index contributed by atoms with van der Waals surface area (Å²) >= 11 is 0. The van der Waals surface area contributed by atoms with Gasteiger partial charge in [-0.25, -0.2) is 0 Å². The van der Waals surface area contributed by atoms with Crippen molar-refractivity contribution in [1.29, 1.82) is 0 Å². The van der Waals surface area contributed by atoms with Crippen LogP contribution in [-0.4, -0.2) is 28.6 Å². The van der Waals surface area contributed by atoms with Crippen LogP contribution in [-0.2, 0) is 10.8 Å². The first-order valence-corrected chi connectivity index (χ1v) is 9.53. The monoisotopic (exact) mass is 345 g/mol. The van der Waals surface area contributed by atoms with E-state index in [2.05, 4.69) is 52.6 Å². The maximum absolute atomic E-state index is 10.8. The molecule has 140 valence electrons. The van der Waals surface area contributed by atoms with Crippen LogP contribution in [0.4, 0.5) is 0 Å². The summed E-state index contributed by atoms with van der Waals surface area (Å²) in [5.74, 6) is 0.305. The Labute approximate surface area is 153 Å². The van der Waals surface area contributed by atoms with Crippen molar-refractivity contribution < 1.29 is 10.2 Å². The van der Waals surface area contributed by atoms with E-state index in [-0.39, 0.29) is 10.8 Å². The van der Waals surface area contributed by atoms with Crippen molar-refractivity contribution in [3.8, 4) is 5.75 Å². The Bertz CT molecular complexity index is 627. The SMILES string of the molecule is CC(C)(C)c1cc(C=NCC2(O)CCCCC2)c(O)c(C(C)(C)C)c1. The van der Waals surface area contributed by atoms with Gasteiger partial charge in [-0.3, -0.25) is 4.99 Å². The highest BCUT2D eigenvalue weighted by molar-refractivity contribution is 5.85. The molecule has 0 saturated heterocycles. The van der Waals surface area contributed by atoms with Gasteiger partial charge in [0.25, 0.3) is 0 Å². The van der Waals surface area contributed by atoms with Crippen LogP contribution in [0.25, 0.3) is 0 Å². The number of hydrogen-bond acceptors (Lipinski definition) is 3. The smallest absolute Gasteiger partial charge is 0.128 e. The summed E-state index contributed by atoms with van der Waals surface area (Å²) in [5, 5.41) is 21.4. The summed E-state index contributed by atoms with van der Waals surface area (Å²) in [6, 6.07) is 4.14. The molecule has 2 N–H and O–H groups in total. The predicted molar refractivity (Wildman–Crippen MR) is 106 cm³/mol. The molecular formula is C22H35NO2. The molecule has 0 amide bonds. The lowest BCUT2D eigenvalue weighted by molar-refractivity contribution is 0.0134. The topological polar surface area (TPSA) is 52.8 Å². The fraction of sp³-hybridized carbons (Fsp3) is 0.682. The normalized spacial score (nSPS) is 18.7. The van der Waals surface area contributed by atoms with E-state index in [1.807, 2.05) is 6.07 Å². The van der Waals surface area contributed by atoms with Crippen molar-refractivity contribution in [1.82, 2.24) is 0 Å². The van der Waals surface area contributed by atoms with Crippen molar-refractivity contribution in [2.75, 3.05) is 6.54 Å². The number of aromatic hydroxyl groups is 1. The molecule has 0 atom stereocenters. The van der Waals surface area contributed by atoms with Gasteiger partial charge in [-0.15, -0.1) is 0 Å². The predicted octanol–water partition coefficient (Wildman–Crippen LogP) is 5.10. The summed E-state index contributed by atoms with van der Waals surface area (Å²) in [5.41, 5.74) is 2.06. The number of phenols is 1. The van der Waals surface area contributed by atoms with Crippen LogP contribution < -0.4 is 0 Å². The molecule has 3 nitrogen and oxygen atoms in total. The molecule has 1 fully saturated rings. The van der Waals surface area contributed by atoms with Crippen LogP contribution in [0.3, 0.4) is 0 Å². The summed E-state index contributed by atoms with van der Waals surface area (Å²) < 4.78 is 0. The Morgan fingerprint density at radius 2 is 1.60 bits per heavy atom. The molecule has 25 heavy (non-hydrogen) atoms. The zero-order chi connectivity index (χ0) is 18.9. The van der Waals surface area contributed by atoms with E-state index in [0.717, 1.165) is 36.8 Å². The summed E-state index contributed by atoms with van der Waals surface area (Å²) in [7, 11) is 0. The lowest BCUT2D eigenvalue weighted by atomic mass is 9.79. The first-order chi connectivity index (χ1) is 11.4. The minimum atomic E-state index is -0.668. The lowest BCUT2D eigenvalue weighted by Crippen LogP contribution is -2.34. The van der Waals surface area contributed by atoms with Gasteiger partial charge in [0.1, 0.15) is 5.75 Å². The summed E-state index contributed by atoms with van der Waals surface area (Å²) in [6.45, 7) is 13.3. The highest BCUT2D eigenvalue weighted by atomic mass is 16.3. The third kappa shape index (κ3) is 5.07. The second-order valence-corrected chi connectivity index (χ2v) is 9.72. The number of nitrogens with zero attached hydrogens (tertiary/aromatic N) is 1. The molecule has 0 aromatic heterocycles. The molecule has 1 aromatic carbocycles. The van der Waals surface area contributed by atoms with Crippen molar-refractivity contribution in [3.63, 3.8) is 0 Å². The maximum atomic E-state index is 10.8. The van der Waals surface area contributed by atoms with Crippen molar-refractivity contribution in [2.24, 2.45) is 4.99 Å². The van der Waals surface area contributed by atoms with Gasteiger partial charge in [0.15, 0.2) is 0 Å². The van der Waals surface area contributed by atoms with E-state index in [1.165, 1.54) is 12.0 Å². The minimum Gasteiger partial charge on any atom is -0.507 e. The van der Waals surface area contributed by atoms with Gasteiger partial charge in [-0.05, 0) is 35.3 Å². The Balaban J connectivity index is 2.34. The molecule has 3 heteroatoms. The van der Waals surface area contributed by atoms with E-state index in [0.29, 0.717) is 12.3 Å². The summed E-state index contributed by atoms with van der Waals surface area (Å²) in [6.07, 6.45) is 6.74. The molecule has 0 spiro atoms. The highest BCUT2D eigenvalue weighted by Gasteiger charge is 2.29. The van der Waals surface area contributed by atoms with Crippen LogP contribution in [0, 0.1) is 0 Å². The Hall–Kier alpha value is -1.35. The molecule has 0 aliphatic heterocycles. The number of aliphatic imine (C=N–C) groups is 1. The molecule has 0 heterocycles. The Morgan fingerprint density at radius 3 is 2.12 bits per heavy atom. The number of phenolic OH excluding ortho intramolecular Hbond substituents is 1. The molecule has 1 aliphatic carbocycles. The van der Waals surface area contributed by atoms with Crippen molar-refractivity contribution >= 4 is 6.21 Å². The quantitative estimate of drug-likeness (QED) is 0.749. The van der Waals surface area contributed by atoms with Crippen LogP contribution in [0.1, 0.15) is 90.3 Å². The van der Waals surface area contributed by atoms with E-state index in [4.69, 9.17) is 0 Å². The minimum absolute atomic E-state index is 0.00212. The summed E-state index contributed by atoms with van der Waals surface area (Å²) in [4.78, 5) is 4.51. The highest BCUT2D eigenvalue weighted by Crippen LogP contribution is 2.37. The lowest BCUT2D eigenvalue weighted by Gasteiger charge is -2.30. The largest absolute Gasteiger partial charge is 0.507 e. The van der Waals surface area contributed by atoms with E-state index in [1.54, 1.807) is 6.21 Å². The molecule has 1 aliphatic rings. The molecular weight excluding hydrogens is 310 g/mol. The first kappa shape index (κ1) is 20.0. The average molecular weight is 346 g/mol. The van der Waals surface area contributed by atoms with Gasteiger partial charge < -0.3 is 10.2 Å². The van der Waals surface area contributed by atoms with Gasteiger partial charge >= 0.3 is 0 Å². The number of hydrogen-bond donors (Lipinski definition) is 2. The molecule has 1 saturated carbocycles. The zero-order valence-electron chi connectivity index (χ0n) is 16.8. The molecule has 1 aromatic rings. The standard InChI is InChI=1S/C22H35NO2/c1-20(2,3)17-12-16(19(24)18(13-17)21(4,5)6)14-23-15-22(25)10-8-7-9-11-22/h12-14,24-25H,7-11,15H2,1-6H3. The number of rotatable bonds is 3. The van der Waals surface area contributed by atoms with E-state index >= 15 is 0 Å². The molecule has 0 unspecified atom stereocenters. The average Bonchev–Trinajstić information content (AvgIpc) is 2.47. The molecule has 0 radical (unpaired) electrons. The van der Waals surface area contributed by atoms with Gasteiger partial charge in [-0.2, -0.15) is 0 Å². The van der Waals surface area contributed by atoms with Crippen molar-refractivity contribution in [2.45, 2.75) is 90.1 Å². The number of aliphatic hydroxyl groups is 1. The first-order valence-electron chi connectivity index (χ1n) is 9.53. The fourth-order valence-corrected chi connectivity index (χ4v) is 3.44. The fourth-order valence-electron chi connectivity index (χ4n) is 3.44. The van der Waals surface area contributed by atoms with Crippen LogP contribution >= 0.6 is 0 Å². The Morgan fingerprint density at radius 1 is 1.00 bits per heavy atom. The second kappa shape index (κ2) is 7.11.